The molecule has 0 saturated heterocycles. The Bertz CT molecular complexity index is 1000. The molecule has 0 fully saturated rings. The Labute approximate surface area is 165 Å². The quantitative estimate of drug-likeness (QED) is 0.799. The summed E-state index contributed by atoms with van der Waals surface area (Å²) in [5.74, 6) is 0.980. The van der Waals surface area contributed by atoms with E-state index in [1.807, 2.05) is 32.0 Å². The first-order valence-electron chi connectivity index (χ1n) is 8.82. The van der Waals surface area contributed by atoms with Crippen LogP contribution in [0.25, 0.3) is 0 Å². The van der Waals surface area contributed by atoms with Crippen molar-refractivity contribution in [1.82, 2.24) is 5.32 Å². The second-order valence-electron chi connectivity index (χ2n) is 7.42. The second kappa shape index (κ2) is 7.35. The number of amides is 1. The summed E-state index contributed by atoms with van der Waals surface area (Å²) in [5.41, 5.74) is 0.839. The summed E-state index contributed by atoms with van der Waals surface area (Å²) in [6, 6.07) is 11.7. The summed E-state index contributed by atoms with van der Waals surface area (Å²) in [7, 11) is -1.93. The summed E-state index contributed by atoms with van der Waals surface area (Å²) in [5, 5.41) is 3.02. The number of hydrogen-bond donors (Lipinski definition) is 2. The summed E-state index contributed by atoms with van der Waals surface area (Å²) in [6.45, 7) is 3.91. The first-order valence-corrected chi connectivity index (χ1v) is 10.7. The van der Waals surface area contributed by atoms with E-state index in [1.165, 1.54) is 0 Å². The van der Waals surface area contributed by atoms with Crippen molar-refractivity contribution in [3.63, 3.8) is 0 Å². The largest absolute Gasteiger partial charge is 0.497 e. The van der Waals surface area contributed by atoms with Crippen molar-refractivity contribution in [2.24, 2.45) is 0 Å². The third-order valence-corrected chi connectivity index (χ3v) is 5.04. The smallest absolute Gasteiger partial charge is 0.253 e. The molecular weight excluding hydrogens is 380 g/mol. The van der Waals surface area contributed by atoms with Crippen molar-refractivity contribution in [3.05, 3.63) is 53.6 Å². The van der Waals surface area contributed by atoms with E-state index < -0.39 is 15.6 Å². The van der Waals surface area contributed by atoms with Crippen LogP contribution in [-0.2, 0) is 10.0 Å². The van der Waals surface area contributed by atoms with E-state index >= 15 is 0 Å². The highest BCUT2D eigenvalue weighted by Gasteiger charge is 2.35. The number of carbonyl (C=O) groups excluding carboxylic acids is 1. The molecule has 0 radical (unpaired) electrons. The van der Waals surface area contributed by atoms with Crippen molar-refractivity contribution >= 4 is 21.6 Å². The van der Waals surface area contributed by atoms with Gasteiger partial charge < -0.3 is 14.8 Å². The fourth-order valence-electron chi connectivity index (χ4n) is 3.29. The zero-order valence-electron chi connectivity index (χ0n) is 16.3. The van der Waals surface area contributed by atoms with Crippen molar-refractivity contribution in [2.75, 3.05) is 18.1 Å². The number of carbonyl (C=O) groups is 1. The second-order valence-corrected chi connectivity index (χ2v) is 9.16. The highest BCUT2D eigenvalue weighted by atomic mass is 32.2. The SMILES string of the molecule is COc1ccc2c(c1)[C@@H](NC(=O)c1ccccc1NS(C)(=O)=O)CC(C)(C)O2. The number of anilines is 1. The Morgan fingerprint density at radius 2 is 1.93 bits per heavy atom. The van der Waals surface area contributed by atoms with Gasteiger partial charge in [0.15, 0.2) is 0 Å². The van der Waals surface area contributed by atoms with Gasteiger partial charge in [0, 0.05) is 12.0 Å². The van der Waals surface area contributed by atoms with Crippen LogP contribution in [0.4, 0.5) is 5.69 Å². The number of fused-ring (bicyclic) bond motifs is 1. The molecule has 0 aliphatic carbocycles. The van der Waals surface area contributed by atoms with Crippen LogP contribution < -0.4 is 19.5 Å². The Balaban J connectivity index is 1.93. The van der Waals surface area contributed by atoms with Crippen molar-refractivity contribution in [1.29, 1.82) is 0 Å². The standard InChI is InChI=1S/C20H24N2O5S/c1-20(2)12-17(15-11-13(26-3)9-10-18(15)27-20)21-19(23)14-7-5-6-8-16(14)22-28(4,24)25/h5-11,17,22H,12H2,1-4H3,(H,21,23)/t17-/m0/s1. The lowest BCUT2D eigenvalue weighted by Gasteiger charge is -2.38. The maximum absolute atomic E-state index is 13.0. The Hall–Kier alpha value is -2.74. The molecule has 3 rings (SSSR count). The molecule has 7 nitrogen and oxygen atoms in total. The van der Waals surface area contributed by atoms with Gasteiger partial charge in [0.05, 0.1) is 30.7 Å². The van der Waals surface area contributed by atoms with Crippen LogP contribution in [0.3, 0.4) is 0 Å². The number of sulfonamides is 1. The number of para-hydroxylation sites is 1. The Morgan fingerprint density at radius 3 is 2.61 bits per heavy atom. The molecule has 0 aromatic heterocycles. The van der Waals surface area contributed by atoms with Gasteiger partial charge in [-0.15, -0.1) is 0 Å². The molecule has 150 valence electrons. The highest BCUT2D eigenvalue weighted by Crippen LogP contribution is 2.41. The fourth-order valence-corrected chi connectivity index (χ4v) is 3.87. The molecule has 2 N–H and O–H groups in total. The highest BCUT2D eigenvalue weighted by molar-refractivity contribution is 7.92. The number of hydrogen-bond acceptors (Lipinski definition) is 5. The van der Waals surface area contributed by atoms with E-state index in [-0.39, 0.29) is 23.2 Å². The van der Waals surface area contributed by atoms with Crippen molar-refractivity contribution in [2.45, 2.75) is 31.9 Å². The minimum Gasteiger partial charge on any atom is -0.497 e. The zero-order valence-corrected chi connectivity index (χ0v) is 17.1. The summed E-state index contributed by atoms with van der Waals surface area (Å²) >= 11 is 0. The third kappa shape index (κ3) is 4.56. The molecule has 8 heteroatoms. The van der Waals surface area contributed by atoms with Gasteiger partial charge in [0.25, 0.3) is 5.91 Å². The van der Waals surface area contributed by atoms with Crippen molar-refractivity contribution in [3.8, 4) is 11.5 Å². The number of ether oxygens (including phenoxy) is 2. The molecule has 1 heterocycles. The van der Waals surface area contributed by atoms with Gasteiger partial charge in [-0.05, 0) is 44.2 Å². The Morgan fingerprint density at radius 1 is 1.21 bits per heavy atom. The predicted molar refractivity (Wildman–Crippen MR) is 107 cm³/mol. The average Bonchev–Trinajstić information content (AvgIpc) is 2.59. The van der Waals surface area contributed by atoms with Crippen LogP contribution in [0.5, 0.6) is 11.5 Å². The maximum atomic E-state index is 13.0. The molecule has 1 aliphatic heterocycles. The lowest BCUT2D eigenvalue weighted by Crippen LogP contribution is -2.41. The number of methoxy groups -OCH3 is 1. The molecule has 0 unspecified atom stereocenters. The molecule has 2 aromatic rings. The zero-order chi connectivity index (χ0) is 20.5. The topological polar surface area (TPSA) is 93.7 Å². The van der Waals surface area contributed by atoms with Crippen LogP contribution in [0.15, 0.2) is 42.5 Å². The van der Waals surface area contributed by atoms with E-state index in [0.717, 1.165) is 11.8 Å². The molecule has 1 amide bonds. The monoisotopic (exact) mass is 404 g/mol. The lowest BCUT2D eigenvalue weighted by atomic mass is 9.89. The van der Waals surface area contributed by atoms with Gasteiger partial charge in [-0.2, -0.15) is 0 Å². The van der Waals surface area contributed by atoms with Gasteiger partial charge in [-0.3, -0.25) is 9.52 Å². The number of benzene rings is 2. The molecule has 0 bridgehead atoms. The van der Waals surface area contributed by atoms with Crippen LogP contribution in [0, 0.1) is 0 Å². The van der Waals surface area contributed by atoms with Crippen molar-refractivity contribution < 1.29 is 22.7 Å². The summed E-state index contributed by atoms with van der Waals surface area (Å²) in [6.07, 6.45) is 1.60. The molecule has 28 heavy (non-hydrogen) atoms. The first kappa shape index (κ1) is 20.0. The predicted octanol–water partition coefficient (Wildman–Crippen LogP) is 3.10. The molecule has 1 atom stereocenters. The van der Waals surface area contributed by atoms with Gasteiger partial charge >= 0.3 is 0 Å². The Kier molecular flexibility index (Phi) is 5.25. The van der Waals surface area contributed by atoms with Gasteiger partial charge in [0.1, 0.15) is 17.1 Å². The normalized spacial score (nSPS) is 17.8. The van der Waals surface area contributed by atoms with E-state index in [4.69, 9.17) is 9.47 Å². The van der Waals surface area contributed by atoms with Crippen LogP contribution >= 0.6 is 0 Å². The molecule has 0 saturated carbocycles. The van der Waals surface area contributed by atoms with Crippen LogP contribution in [-0.4, -0.2) is 33.3 Å². The molecule has 0 spiro atoms. The first-order chi connectivity index (χ1) is 13.1. The van der Waals surface area contributed by atoms with E-state index in [2.05, 4.69) is 10.0 Å². The van der Waals surface area contributed by atoms with Crippen LogP contribution in [0.1, 0.15) is 42.2 Å². The van der Waals surface area contributed by atoms with Gasteiger partial charge in [-0.1, -0.05) is 12.1 Å². The minimum absolute atomic E-state index is 0.236. The van der Waals surface area contributed by atoms with Gasteiger partial charge in [0.2, 0.25) is 10.0 Å². The fraction of sp³-hybridized carbons (Fsp3) is 0.350. The van der Waals surface area contributed by atoms with E-state index in [0.29, 0.717) is 17.9 Å². The average molecular weight is 404 g/mol. The summed E-state index contributed by atoms with van der Waals surface area (Å²) in [4.78, 5) is 13.0. The number of rotatable bonds is 5. The third-order valence-electron chi connectivity index (χ3n) is 4.45. The van der Waals surface area contributed by atoms with E-state index in [1.54, 1.807) is 31.4 Å². The van der Waals surface area contributed by atoms with Crippen LogP contribution in [0.2, 0.25) is 0 Å². The minimum atomic E-state index is -3.51. The number of nitrogens with one attached hydrogen (secondary N) is 2. The molecule has 1 aliphatic rings. The summed E-state index contributed by atoms with van der Waals surface area (Å²) < 4.78 is 36.9. The molecular formula is C20H24N2O5S. The van der Waals surface area contributed by atoms with E-state index in [9.17, 15) is 13.2 Å². The van der Waals surface area contributed by atoms with Gasteiger partial charge in [-0.25, -0.2) is 8.42 Å². The maximum Gasteiger partial charge on any atom is 0.253 e. The molecule has 2 aromatic carbocycles. The lowest BCUT2D eigenvalue weighted by molar-refractivity contribution is 0.0618.